The molecule has 0 saturated carbocycles. The number of hydrogen-bond donors (Lipinski definition) is 1. The number of carbonyl (C=O) groups is 3. The van der Waals surface area contributed by atoms with Crippen LogP contribution in [0.25, 0.3) is 0 Å². The SMILES string of the molecule is Cc1nc(C2CCCN(C(=O)c3cccc(CN4CCCC4=O)c3)C2)ncc1C(N)=O. The molecule has 2 aliphatic heterocycles. The average Bonchev–Trinajstić information content (AvgIpc) is 3.17. The number of aromatic nitrogens is 2. The zero-order chi connectivity index (χ0) is 22.0. The van der Waals surface area contributed by atoms with Crippen molar-refractivity contribution >= 4 is 17.7 Å². The lowest BCUT2D eigenvalue weighted by Crippen LogP contribution is -2.39. The van der Waals surface area contributed by atoms with Crippen molar-refractivity contribution in [2.75, 3.05) is 19.6 Å². The summed E-state index contributed by atoms with van der Waals surface area (Å²) in [6, 6.07) is 7.54. The minimum absolute atomic E-state index is 0.0173. The third-order valence-electron chi connectivity index (χ3n) is 6.06. The van der Waals surface area contributed by atoms with Crippen LogP contribution in [0.2, 0.25) is 0 Å². The fourth-order valence-electron chi connectivity index (χ4n) is 4.37. The molecule has 3 amide bonds. The molecule has 0 bridgehead atoms. The van der Waals surface area contributed by atoms with Crippen LogP contribution in [0, 0.1) is 6.92 Å². The summed E-state index contributed by atoms with van der Waals surface area (Å²) in [4.78, 5) is 49.0. The molecule has 1 aromatic carbocycles. The fourth-order valence-corrected chi connectivity index (χ4v) is 4.37. The summed E-state index contributed by atoms with van der Waals surface area (Å²) in [5.74, 6) is 0.267. The number of aryl methyl sites for hydroxylation is 1. The largest absolute Gasteiger partial charge is 0.365 e. The van der Waals surface area contributed by atoms with Gasteiger partial charge in [-0.25, -0.2) is 9.97 Å². The molecule has 2 fully saturated rings. The molecule has 3 heterocycles. The third-order valence-corrected chi connectivity index (χ3v) is 6.06. The van der Waals surface area contributed by atoms with Gasteiger partial charge in [-0.3, -0.25) is 14.4 Å². The Morgan fingerprint density at radius 2 is 2.06 bits per heavy atom. The Kier molecular flexibility index (Phi) is 5.97. The Labute approximate surface area is 181 Å². The van der Waals surface area contributed by atoms with Crippen LogP contribution in [0.1, 0.15) is 69.4 Å². The van der Waals surface area contributed by atoms with E-state index in [1.807, 2.05) is 34.1 Å². The molecule has 2 saturated heterocycles. The Balaban J connectivity index is 1.46. The van der Waals surface area contributed by atoms with Crippen molar-refractivity contribution in [3.8, 4) is 0 Å². The highest BCUT2D eigenvalue weighted by Crippen LogP contribution is 2.26. The van der Waals surface area contributed by atoms with Gasteiger partial charge in [0.15, 0.2) is 0 Å². The van der Waals surface area contributed by atoms with Crippen molar-refractivity contribution in [1.82, 2.24) is 19.8 Å². The quantitative estimate of drug-likeness (QED) is 0.794. The highest BCUT2D eigenvalue weighted by molar-refractivity contribution is 5.94. The van der Waals surface area contributed by atoms with Gasteiger partial charge in [0, 0.05) is 50.3 Å². The molecule has 2 aliphatic rings. The monoisotopic (exact) mass is 421 g/mol. The Morgan fingerprint density at radius 1 is 1.23 bits per heavy atom. The molecule has 0 aliphatic carbocycles. The first kappa shape index (κ1) is 21.0. The lowest BCUT2D eigenvalue weighted by Gasteiger charge is -2.32. The van der Waals surface area contributed by atoms with Gasteiger partial charge in [0.25, 0.3) is 11.8 Å². The predicted octanol–water partition coefficient (Wildman–Crippen LogP) is 2.03. The van der Waals surface area contributed by atoms with E-state index in [1.165, 1.54) is 6.20 Å². The maximum atomic E-state index is 13.2. The second kappa shape index (κ2) is 8.83. The van der Waals surface area contributed by atoms with Crippen molar-refractivity contribution in [3.63, 3.8) is 0 Å². The predicted molar refractivity (Wildman–Crippen MR) is 114 cm³/mol. The maximum absolute atomic E-state index is 13.2. The van der Waals surface area contributed by atoms with Crippen LogP contribution in [0.3, 0.4) is 0 Å². The standard InChI is InChI=1S/C23H27N5O3/c1-15-19(21(24)30)12-25-22(26-15)18-7-3-10-28(14-18)23(31)17-6-2-5-16(11-17)13-27-9-4-8-20(27)29/h2,5-6,11-12,18H,3-4,7-10,13-14H2,1H3,(H2,24,30). The highest BCUT2D eigenvalue weighted by Gasteiger charge is 2.28. The molecule has 162 valence electrons. The minimum Gasteiger partial charge on any atom is -0.365 e. The number of hydrogen-bond acceptors (Lipinski definition) is 5. The van der Waals surface area contributed by atoms with Gasteiger partial charge in [-0.15, -0.1) is 0 Å². The van der Waals surface area contributed by atoms with E-state index in [2.05, 4.69) is 9.97 Å². The number of primary amides is 1. The van der Waals surface area contributed by atoms with Crippen LogP contribution < -0.4 is 5.73 Å². The normalized spacial score (nSPS) is 19.0. The molecular weight excluding hydrogens is 394 g/mol. The van der Waals surface area contributed by atoms with Crippen LogP contribution in [0.15, 0.2) is 30.5 Å². The molecule has 8 nitrogen and oxygen atoms in total. The lowest BCUT2D eigenvalue weighted by atomic mass is 9.96. The van der Waals surface area contributed by atoms with Crippen LogP contribution in [-0.4, -0.2) is 57.1 Å². The van der Waals surface area contributed by atoms with Crippen molar-refractivity contribution in [2.24, 2.45) is 5.73 Å². The molecule has 4 rings (SSSR count). The summed E-state index contributed by atoms with van der Waals surface area (Å²) in [6.45, 7) is 4.28. The molecule has 31 heavy (non-hydrogen) atoms. The number of benzene rings is 1. The minimum atomic E-state index is -0.542. The molecule has 1 aromatic heterocycles. The molecule has 0 radical (unpaired) electrons. The van der Waals surface area contributed by atoms with Gasteiger partial charge >= 0.3 is 0 Å². The molecule has 1 unspecified atom stereocenters. The van der Waals surface area contributed by atoms with Crippen LogP contribution >= 0.6 is 0 Å². The molecule has 1 atom stereocenters. The highest BCUT2D eigenvalue weighted by atomic mass is 16.2. The van der Waals surface area contributed by atoms with Crippen LogP contribution in [-0.2, 0) is 11.3 Å². The average molecular weight is 422 g/mol. The Hall–Kier alpha value is -3.29. The number of nitrogens with zero attached hydrogens (tertiary/aromatic N) is 4. The van der Waals surface area contributed by atoms with Crippen molar-refractivity contribution in [3.05, 3.63) is 58.7 Å². The van der Waals surface area contributed by atoms with Crippen LogP contribution in [0.4, 0.5) is 0 Å². The summed E-state index contributed by atoms with van der Waals surface area (Å²) in [7, 11) is 0. The molecule has 2 aromatic rings. The van der Waals surface area contributed by atoms with Gasteiger partial charge in [0.2, 0.25) is 5.91 Å². The number of piperidine rings is 1. The number of nitrogens with two attached hydrogens (primary N) is 1. The summed E-state index contributed by atoms with van der Waals surface area (Å²) in [5.41, 5.74) is 7.83. The molecule has 2 N–H and O–H groups in total. The third kappa shape index (κ3) is 4.57. The topological polar surface area (TPSA) is 109 Å². The summed E-state index contributed by atoms with van der Waals surface area (Å²) < 4.78 is 0. The second-order valence-electron chi connectivity index (χ2n) is 8.30. The van der Waals surface area contributed by atoms with E-state index in [4.69, 9.17) is 5.73 Å². The summed E-state index contributed by atoms with van der Waals surface area (Å²) in [5, 5.41) is 0. The van der Waals surface area contributed by atoms with E-state index in [9.17, 15) is 14.4 Å². The van der Waals surface area contributed by atoms with Gasteiger partial charge in [-0.05, 0) is 43.9 Å². The number of rotatable bonds is 5. The lowest BCUT2D eigenvalue weighted by molar-refractivity contribution is -0.128. The first-order chi connectivity index (χ1) is 14.9. The first-order valence-electron chi connectivity index (χ1n) is 10.7. The molecule has 0 spiro atoms. The number of carbonyl (C=O) groups excluding carboxylic acids is 3. The Bertz CT molecular complexity index is 1020. The van der Waals surface area contributed by atoms with Gasteiger partial charge in [0.1, 0.15) is 5.82 Å². The fraction of sp³-hybridized carbons (Fsp3) is 0.435. The zero-order valence-corrected chi connectivity index (χ0v) is 17.7. The van der Waals surface area contributed by atoms with Crippen molar-refractivity contribution in [1.29, 1.82) is 0 Å². The first-order valence-corrected chi connectivity index (χ1v) is 10.7. The molecular formula is C23H27N5O3. The van der Waals surface area contributed by atoms with E-state index >= 15 is 0 Å². The summed E-state index contributed by atoms with van der Waals surface area (Å²) in [6.07, 6.45) is 4.73. The second-order valence-corrected chi connectivity index (χ2v) is 8.30. The van der Waals surface area contributed by atoms with Crippen molar-refractivity contribution < 1.29 is 14.4 Å². The van der Waals surface area contributed by atoms with E-state index in [0.29, 0.717) is 48.7 Å². The van der Waals surface area contributed by atoms with Gasteiger partial charge < -0.3 is 15.5 Å². The smallest absolute Gasteiger partial charge is 0.253 e. The number of likely N-dealkylation sites (tertiary alicyclic amines) is 2. The van der Waals surface area contributed by atoms with Gasteiger partial charge in [-0.2, -0.15) is 0 Å². The van der Waals surface area contributed by atoms with E-state index < -0.39 is 5.91 Å². The van der Waals surface area contributed by atoms with Crippen molar-refractivity contribution in [2.45, 2.75) is 45.1 Å². The van der Waals surface area contributed by atoms with Gasteiger partial charge in [-0.1, -0.05) is 12.1 Å². The number of amides is 3. The van der Waals surface area contributed by atoms with Gasteiger partial charge in [0.05, 0.1) is 11.3 Å². The van der Waals surface area contributed by atoms with E-state index in [0.717, 1.165) is 31.4 Å². The Morgan fingerprint density at radius 3 is 2.77 bits per heavy atom. The van der Waals surface area contributed by atoms with Crippen LogP contribution in [0.5, 0.6) is 0 Å². The zero-order valence-electron chi connectivity index (χ0n) is 17.7. The molecule has 8 heteroatoms. The summed E-state index contributed by atoms with van der Waals surface area (Å²) >= 11 is 0. The van der Waals surface area contributed by atoms with E-state index in [1.54, 1.807) is 6.92 Å². The van der Waals surface area contributed by atoms with E-state index in [-0.39, 0.29) is 17.7 Å². The maximum Gasteiger partial charge on any atom is 0.253 e.